The highest BCUT2D eigenvalue weighted by atomic mass is 16.1. The van der Waals surface area contributed by atoms with Crippen molar-refractivity contribution in [3.8, 4) is 0 Å². The molecule has 1 amide bonds. The number of aryl methyl sites for hydroxylation is 1. The van der Waals surface area contributed by atoms with E-state index in [1.165, 1.54) is 12.8 Å². The molecule has 0 aromatic carbocycles. The van der Waals surface area contributed by atoms with Crippen molar-refractivity contribution in [2.24, 2.45) is 11.8 Å². The molecule has 0 aliphatic heterocycles. The molecule has 4 heteroatoms. The summed E-state index contributed by atoms with van der Waals surface area (Å²) in [5.74, 6) is 1.58. The molecular formula is C16H25N3O. The summed E-state index contributed by atoms with van der Waals surface area (Å²) in [6.07, 6.45) is 4.30. The minimum Gasteiger partial charge on any atom is -0.384 e. The molecule has 1 saturated carbocycles. The van der Waals surface area contributed by atoms with Gasteiger partial charge in [0.2, 0.25) is 0 Å². The van der Waals surface area contributed by atoms with Crippen molar-refractivity contribution < 1.29 is 4.79 Å². The highest BCUT2D eigenvalue weighted by molar-refractivity contribution is 5.95. The SMILES string of the molecule is CCc1cc(C(=O)NC2CCCC(C)C2C)cc(N)n1. The average Bonchev–Trinajstić information content (AvgIpc) is 2.43. The van der Waals surface area contributed by atoms with Gasteiger partial charge in [-0.25, -0.2) is 4.98 Å². The molecule has 0 saturated heterocycles. The predicted octanol–water partition coefficient (Wildman–Crippen LogP) is 2.78. The van der Waals surface area contributed by atoms with Gasteiger partial charge in [0.15, 0.2) is 0 Å². The molecule has 1 fully saturated rings. The van der Waals surface area contributed by atoms with Crippen LogP contribution in [0.15, 0.2) is 12.1 Å². The summed E-state index contributed by atoms with van der Waals surface area (Å²) in [5.41, 5.74) is 7.25. The second-order valence-electron chi connectivity index (χ2n) is 5.97. The van der Waals surface area contributed by atoms with Crippen LogP contribution >= 0.6 is 0 Å². The number of nitrogens with one attached hydrogen (secondary N) is 1. The van der Waals surface area contributed by atoms with Crippen LogP contribution in [0.4, 0.5) is 5.82 Å². The van der Waals surface area contributed by atoms with Crippen LogP contribution in [0.5, 0.6) is 0 Å². The number of amides is 1. The number of pyridine rings is 1. The number of hydrogen-bond donors (Lipinski definition) is 2. The Labute approximate surface area is 121 Å². The van der Waals surface area contributed by atoms with Crippen molar-refractivity contribution in [1.29, 1.82) is 0 Å². The predicted molar refractivity (Wildman–Crippen MR) is 81.5 cm³/mol. The fraction of sp³-hybridized carbons (Fsp3) is 0.625. The van der Waals surface area contributed by atoms with Gasteiger partial charge in [0.25, 0.3) is 5.91 Å². The van der Waals surface area contributed by atoms with Crippen molar-refractivity contribution in [3.05, 3.63) is 23.4 Å². The van der Waals surface area contributed by atoms with E-state index >= 15 is 0 Å². The summed E-state index contributed by atoms with van der Waals surface area (Å²) in [6.45, 7) is 6.50. The van der Waals surface area contributed by atoms with Crippen LogP contribution in [0.1, 0.15) is 56.1 Å². The number of aromatic nitrogens is 1. The van der Waals surface area contributed by atoms with Crippen molar-refractivity contribution >= 4 is 11.7 Å². The molecule has 1 aliphatic rings. The van der Waals surface area contributed by atoms with Gasteiger partial charge in [0.05, 0.1) is 0 Å². The number of anilines is 1. The van der Waals surface area contributed by atoms with Crippen LogP contribution < -0.4 is 11.1 Å². The van der Waals surface area contributed by atoms with Gasteiger partial charge in [-0.15, -0.1) is 0 Å². The van der Waals surface area contributed by atoms with E-state index in [4.69, 9.17) is 5.73 Å². The van der Waals surface area contributed by atoms with E-state index in [1.807, 2.05) is 13.0 Å². The molecule has 0 bridgehead atoms. The molecule has 3 N–H and O–H groups in total. The standard InChI is InChI=1S/C16H25N3O/c1-4-13-8-12(9-15(17)18-13)16(20)19-14-7-5-6-10(2)11(14)3/h8-11,14H,4-7H2,1-3H3,(H2,17,18)(H,19,20). The van der Waals surface area contributed by atoms with Crippen molar-refractivity contribution in [2.45, 2.75) is 52.5 Å². The number of nitrogen functional groups attached to an aromatic ring is 1. The van der Waals surface area contributed by atoms with Gasteiger partial charge in [-0.2, -0.15) is 0 Å². The minimum absolute atomic E-state index is 0.0280. The molecule has 2 rings (SSSR count). The Morgan fingerprint density at radius 2 is 2.15 bits per heavy atom. The van der Waals surface area contributed by atoms with E-state index < -0.39 is 0 Å². The Balaban J connectivity index is 2.09. The van der Waals surface area contributed by atoms with E-state index in [-0.39, 0.29) is 11.9 Å². The molecule has 4 nitrogen and oxygen atoms in total. The largest absolute Gasteiger partial charge is 0.384 e. The van der Waals surface area contributed by atoms with E-state index in [1.54, 1.807) is 6.07 Å². The Hall–Kier alpha value is -1.58. The third-order valence-electron chi connectivity index (χ3n) is 4.55. The maximum absolute atomic E-state index is 12.4. The van der Waals surface area contributed by atoms with Gasteiger partial charge in [-0.1, -0.05) is 33.6 Å². The molecular weight excluding hydrogens is 250 g/mol. The molecule has 110 valence electrons. The van der Waals surface area contributed by atoms with E-state index in [0.717, 1.165) is 18.5 Å². The van der Waals surface area contributed by atoms with Gasteiger partial charge in [0.1, 0.15) is 5.82 Å². The molecule has 3 unspecified atom stereocenters. The van der Waals surface area contributed by atoms with Crippen LogP contribution in [-0.2, 0) is 6.42 Å². The molecule has 0 spiro atoms. The Bertz CT molecular complexity index is 487. The lowest BCUT2D eigenvalue weighted by atomic mass is 9.78. The van der Waals surface area contributed by atoms with Crippen molar-refractivity contribution in [2.75, 3.05) is 5.73 Å². The number of nitrogens with two attached hydrogens (primary N) is 1. The van der Waals surface area contributed by atoms with Crippen molar-refractivity contribution in [1.82, 2.24) is 10.3 Å². The summed E-state index contributed by atoms with van der Waals surface area (Å²) in [7, 11) is 0. The first-order valence-corrected chi connectivity index (χ1v) is 7.58. The summed E-state index contributed by atoms with van der Waals surface area (Å²) in [4.78, 5) is 16.6. The topological polar surface area (TPSA) is 68.0 Å². The second kappa shape index (κ2) is 6.25. The number of hydrogen-bond acceptors (Lipinski definition) is 3. The Morgan fingerprint density at radius 1 is 1.40 bits per heavy atom. The zero-order valence-electron chi connectivity index (χ0n) is 12.6. The van der Waals surface area contributed by atoms with E-state index in [2.05, 4.69) is 24.1 Å². The van der Waals surface area contributed by atoms with Gasteiger partial charge < -0.3 is 11.1 Å². The number of rotatable bonds is 3. The lowest BCUT2D eigenvalue weighted by Gasteiger charge is -2.34. The lowest BCUT2D eigenvalue weighted by Crippen LogP contribution is -2.43. The first-order valence-electron chi connectivity index (χ1n) is 7.58. The van der Waals surface area contributed by atoms with Gasteiger partial charge in [-0.3, -0.25) is 4.79 Å². The zero-order chi connectivity index (χ0) is 14.7. The fourth-order valence-electron chi connectivity index (χ4n) is 2.96. The molecule has 1 aromatic rings. The number of nitrogens with zero attached hydrogens (tertiary/aromatic N) is 1. The normalized spacial score (nSPS) is 26.2. The first-order chi connectivity index (χ1) is 9.51. The molecule has 1 aromatic heterocycles. The smallest absolute Gasteiger partial charge is 0.251 e. The van der Waals surface area contributed by atoms with Gasteiger partial charge in [-0.05, 0) is 36.8 Å². The third-order valence-corrected chi connectivity index (χ3v) is 4.55. The summed E-state index contributed by atoms with van der Waals surface area (Å²) < 4.78 is 0. The van der Waals surface area contributed by atoms with E-state index in [0.29, 0.717) is 23.2 Å². The maximum Gasteiger partial charge on any atom is 0.251 e. The number of carbonyl (C=O) groups is 1. The molecule has 3 atom stereocenters. The third kappa shape index (κ3) is 3.30. The monoisotopic (exact) mass is 275 g/mol. The Kier molecular flexibility index (Phi) is 4.63. The summed E-state index contributed by atoms with van der Waals surface area (Å²) in [5, 5.41) is 3.17. The lowest BCUT2D eigenvalue weighted by molar-refractivity contribution is 0.0891. The van der Waals surface area contributed by atoms with E-state index in [9.17, 15) is 4.79 Å². The molecule has 1 heterocycles. The fourth-order valence-corrected chi connectivity index (χ4v) is 2.96. The van der Waals surface area contributed by atoms with Gasteiger partial charge >= 0.3 is 0 Å². The Morgan fingerprint density at radius 3 is 2.85 bits per heavy atom. The molecule has 20 heavy (non-hydrogen) atoms. The van der Waals surface area contributed by atoms with Crippen LogP contribution in [-0.4, -0.2) is 16.9 Å². The molecule has 1 aliphatic carbocycles. The van der Waals surface area contributed by atoms with Gasteiger partial charge in [0, 0.05) is 17.3 Å². The van der Waals surface area contributed by atoms with Crippen LogP contribution in [0.25, 0.3) is 0 Å². The number of carbonyl (C=O) groups excluding carboxylic acids is 1. The second-order valence-corrected chi connectivity index (χ2v) is 5.97. The van der Waals surface area contributed by atoms with Crippen LogP contribution in [0.3, 0.4) is 0 Å². The van der Waals surface area contributed by atoms with Crippen molar-refractivity contribution in [3.63, 3.8) is 0 Å². The first kappa shape index (κ1) is 14.8. The van der Waals surface area contributed by atoms with Crippen LogP contribution in [0, 0.1) is 11.8 Å². The van der Waals surface area contributed by atoms with Crippen LogP contribution in [0.2, 0.25) is 0 Å². The summed E-state index contributed by atoms with van der Waals surface area (Å²) >= 11 is 0. The minimum atomic E-state index is -0.0280. The summed E-state index contributed by atoms with van der Waals surface area (Å²) in [6, 6.07) is 3.76. The highest BCUT2D eigenvalue weighted by Gasteiger charge is 2.28. The highest BCUT2D eigenvalue weighted by Crippen LogP contribution is 2.29. The zero-order valence-corrected chi connectivity index (χ0v) is 12.6. The maximum atomic E-state index is 12.4. The average molecular weight is 275 g/mol. The molecule has 0 radical (unpaired) electrons. The quantitative estimate of drug-likeness (QED) is 0.891.